The van der Waals surface area contributed by atoms with Gasteiger partial charge in [0.1, 0.15) is 4.36 Å². The van der Waals surface area contributed by atoms with Gasteiger partial charge in [0, 0.05) is 25.1 Å². The second-order valence-electron chi connectivity index (χ2n) is 10.1. The molecule has 1 unspecified atom stereocenters. The SMILES string of the molecule is CCC(C)[C@@H](CC(=O)[C@H](CCCN=C(N)N)NS(=O)(=O)c1ccc(C)cc1)C(=O)N[C@H](/C=C(\Cl)S(C)(=O)=O)CC(=O)O. The zero-order valence-electron chi connectivity index (χ0n) is 24.0. The van der Waals surface area contributed by atoms with Crippen molar-refractivity contribution in [3.05, 3.63) is 40.3 Å². The third kappa shape index (κ3) is 12.9. The van der Waals surface area contributed by atoms with E-state index in [9.17, 15) is 36.3 Å². The van der Waals surface area contributed by atoms with Crippen LogP contribution in [0.4, 0.5) is 0 Å². The van der Waals surface area contributed by atoms with E-state index in [2.05, 4.69) is 15.0 Å². The number of guanidine groups is 1. The quantitative estimate of drug-likeness (QED) is 0.0872. The lowest BCUT2D eigenvalue weighted by Crippen LogP contribution is -2.45. The summed E-state index contributed by atoms with van der Waals surface area (Å²) in [6.07, 6.45) is 1.44. The van der Waals surface area contributed by atoms with Crippen LogP contribution in [0.1, 0.15) is 51.5 Å². The zero-order valence-corrected chi connectivity index (χ0v) is 26.4. The molecular formula is C26H40ClN5O8S2. The van der Waals surface area contributed by atoms with Crippen molar-refractivity contribution in [3.8, 4) is 0 Å². The fraction of sp³-hybridized carbons (Fsp3) is 0.538. The molecule has 1 amide bonds. The second kappa shape index (κ2) is 16.6. The number of sulfonamides is 1. The number of aryl methyl sites for hydroxylation is 1. The third-order valence-electron chi connectivity index (χ3n) is 6.46. The molecule has 0 aliphatic carbocycles. The maximum absolute atomic E-state index is 13.5. The van der Waals surface area contributed by atoms with E-state index >= 15 is 0 Å². The number of nitrogens with one attached hydrogen (secondary N) is 2. The largest absolute Gasteiger partial charge is 0.481 e. The highest BCUT2D eigenvalue weighted by Crippen LogP contribution is 2.23. The number of aliphatic carboxylic acids is 1. The molecule has 1 aromatic rings. The van der Waals surface area contributed by atoms with Crippen LogP contribution in [0, 0.1) is 18.8 Å². The van der Waals surface area contributed by atoms with Crippen LogP contribution in [-0.2, 0) is 34.2 Å². The van der Waals surface area contributed by atoms with Crippen molar-refractivity contribution in [2.75, 3.05) is 12.8 Å². The minimum atomic E-state index is -4.12. The van der Waals surface area contributed by atoms with Crippen molar-refractivity contribution >= 4 is 55.1 Å². The Morgan fingerprint density at radius 3 is 2.19 bits per heavy atom. The Morgan fingerprint density at radius 2 is 1.69 bits per heavy atom. The number of carbonyl (C=O) groups excluding carboxylic acids is 2. The number of nitrogens with two attached hydrogens (primary N) is 2. The van der Waals surface area contributed by atoms with E-state index in [0.717, 1.165) is 17.9 Å². The van der Waals surface area contributed by atoms with Crippen LogP contribution < -0.4 is 21.5 Å². The number of nitrogens with zero attached hydrogens (tertiary/aromatic N) is 1. The molecule has 0 aliphatic heterocycles. The molecule has 13 nitrogen and oxygen atoms in total. The summed E-state index contributed by atoms with van der Waals surface area (Å²) in [5.41, 5.74) is 11.5. The number of benzene rings is 1. The van der Waals surface area contributed by atoms with E-state index in [1.165, 1.54) is 12.1 Å². The summed E-state index contributed by atoms with van der Waals surface area (Å²) in [6.45, 7) is 5.44. The number of aliphatic imine (C=N–C) groups is 1. The number of hydrogen-bond acceptors (Lipinski definition) is 8. The Hall–Kier alpha value is -3.01. The highest BCUT2D eigenvalue weighted by Gasteiger charge is 2.33. The van der Waals surface area contributed by atoms with Crippen LogP contribution in [0.15, 0.2) is 44.6 Å². The van der Waals surface area contributed by atoms with Crippen molar-refractivity contribution in [1.82, 2.24) is 10.0 Å². The molecule has 236 valence electrons. The molecule has 0 saturated carbocycles. The van der Waals surface area contributed by atoms with E-state index in [4.69, 9.17) is 23.1 Å². The topological polar surface area (TPSA) is 228 Å². The normalized spacial score (nSPS) is 15.2. The maximum Gasteiger partial charge on any atom is 0.305 e. The second-order valence-corrected chi connectivity index (χ2v) is 14.4. The van der Waals surface area contributed by atoms with Gasteiger partial charge in [0.15, 0.2) is 21.6 Å². The first-order valence-electron chi connectivity index (χ1n) is 13.1. The minimum absolute atomic E-state index is 0.0316. The molecule has 0 aromatic heterocycles. The highest BCUT2D eigenvalue weighted by atomic mass is 35.5. The Morgan fingerprint density at radius 1 is 1.10 bits per heavy atom. The molecular weight excluding hydrogens is 610 g/mol. The number of carbonyl (C=O) groups is 3. The van der Waals surface area contributed by atoms with Crippen molar-refractivity contribution in [3.63, 3.8) is 0 Å². The number of Topliss-reactive ketones (excluding diaryl/α,β-unsaturated/α-hetero) is 1. The number of halogens is 1. The fourth-order valence-electron chi connectivity index (χ4n) is 3.87. The van der Waals surface area contributed by atoms with E-state index in [0.29, 0.717) is 6.42 Å². The first-order valence-corrected chi connectivity index (χ1v) is 16.9. The standard InChI is InChI=1S/C26H40ClN5O8S2/c1-5-17(3)20(25(36)31-18(14-24(34)35)13-23(27)41(4,37)38)15-22(33)21(7-6-12-30-26(28)29)32-42(39,40)19-10-8-16(2)9-11-19/h8-11,13,17-18,20-21,32H,5-7,12,14-15H2,1-4H3,(H,31,36)(H,34,35)(H4,28,29,30)/b23-13+/t17?,18-,20-,21+/m1/s1. The highest BCUT2D eigenvalue weighted by molar-refractivity contribution is 7.96. The smallest absolute Gasteiger partial charge is 0.305 e. The molecule has 0 aliphatic rings. The van der Waals surface area contributed by atoms with Gasteiger partial charge in [-0.1, -0.05) is 49.6 Å². The first-order chi connectivity index (χ1) is 19.4. The van der Waals surface area contributed by atoms with Gasteiger partial charge in [-0.25, -0.2) is 21.6 Å². The van der Waals surface area contributed by atoms with E-state index in [1.807, 2.05) is 0 Å². The van der Waals surface area contributed by atoms with Gasteiger partial charge in [0.25, 0.3) is 0 Å². The summed E-state index contributed by atoms with van der Waals surface area (Å²) in [5, 5.41) is 11.7. The third-order valence-corrected chi connectivity index (χ3v) is 9.76. The Labute approximate surface area is 252 Å². The average Bonchev–Trinajstić information content (AvgIpc) is 2.87. The van der Waals surface area contributed by atoms with Gasteiger partial charge in [-0.15, -0.1) is 0 Å². The summed E-state index contributed by atoms with van der Waals surface area (Å²) in [5.74, 6) is -4.14. The van der Waals surface area contributed by atoms with Gasteiger partial charge < -0.3 is 21.9 Å². The monoisotopic (exact) mass is 649 g/mol. The Kier molecular flexibility index (Phi) is 14.6. The van der Waals surface area contributed by atoms with Crippen LogP contribution in [0.2, 0.25) is 0 Å². The summed E-state index contributed by atoms with van der Waals surface area (Å²) in [7, 11) is -7.98. The molecule has 1 aromatic carbocycles. The molecule has 0 saturated heterocycles. The van der Waals surface area contributed by atoms with Crippen LogP contribution in [-0.4, -0.2) is 70.4 Å². The van der Waals surface area contributed by atoms with Crippen LogP contribution >= 0.6 is 11.6 Å². The number of sulfone groups is 1. The molecule has 0 bridgehead atoms. The predicted molar refractivity (Wildman–Crippen MR) is 161 cm³/mol. The van der Waals surface area contributed by atoms with Gasteiger partial charge in [-0.05, 0) is 43.9 Å². The molecule has 42 heavy (non-hydrogen) atoms. The zero-order chi connectivity index (χ0) is 32.3. The molecule has 0 spiro atoms. The van der Waals surface area contributed by atoms with Gasteiger partial charge in [0.05, 0.1) is 23.4 Å². The number of carboxylic acids is 1. The van der Waals surface area contributed by atoms with Crippen molar-refractivity contribution < 1.29 is 36.3 Å². The van der Waals surface area contributed by atoms with E-state index in [-0.39, 0.29) is 42.6 Å². The Bertz CT molecular complexity index is 1380. The van der Waals surface area contributed by atoms with E-state index in [1.54, 1.807) is 32.9 Å². The van der Waals surface area contributed by atoms with Crippen molar-refractivity contribution in [2.45, 2.75) is 69.9 Å². The number of amides is 1. The fourth-order valence-corrected chi connectivity index (χ4v) is 5.69. The van der Waals surface area contributed by atoms with Crippen LogP contribution in [0.25, 0.3) is 0 Å². The lowest BCUT2D eigenvalue weighted by molar-refractivity contribution is -0.138. The lowest BCUT2D eigenvalue weighted by Gasteiger charge is -2.26. The summed E-state index contributed by atoms with van der Waals surface area (Å²) < 4.78 is 51.5. The molecule has 0 fully saturated rings. The summed E-state index contributed by atoms with van der Waals surface area (Å²) >= 11 is 5.80. The average molecular weight is 650 g/mol. The molecule has 7 N–H and O–H groups in total. The number of rotatable bonds is 18. The predicted octanol–water partition coefficient (Wildman–Crippen LogP) is 1.40. The molecule has 0 radical (unpaired) electrons. The van der Waals surface area contributed by atoms with Gasteiger partial charge >= 0.3 is 5.97 Å². The molecule has 1 rings (SSSR count). The van der Waals surface area contributed by atoms with Crippen molar-refractivity contribution in [2.24, 2.45) is 28.3 Å². The minimum Gasteiger partial charge on any atom is -0.481 e. The first kappa shape index (κ1) is 37.0. The van der Waals surface area contributed by atoms with Gasteiger partial charge in [-0.2, -0.15) is 0 Å². The lowest BCUT2D eigenvalue weighted by atomic mass is 9.84. The molecule has 16 heteroatoms. The van der Waals surface area contributed by atoms with Gasteiger partial charge in [0.2, 0.25) is 15.9 Å². The number of ketones is 1. The van der Waals surface area contributed by atoms with Crippen LogP contribution in [0.3, 0.4) is 0 Å². The van der Waals surface area contributed by atoms with E-state index < -0.39 is 66.3 Å². The maximum atomic E-state index is 13.5. The van der Waals surface area contributed by atoms with Crippen molar-refractivity contribution in [1.29, 1.82) is 0 Å². The van der Waals surface area contributed by atoms with Gasteiger partial charge in [-0.3, -0.25) is 19.4 Å². The Balaban J connectivity index is 3.31. The summed E-state index contributed by atoms with van der Waals surface area (Å²) in [4.78, 5) is 42.1. The number of carboxylic acid groups (broad SMARTS) is 1. The molecule has 4 atom stereocenters. The number of hydrogen-bond donors (Lipinski definition) is 5. The summed E-state index contributed by atoms with van der Waals surface area (Å²) in [6, 6.07) is 3.54. The molecule has 0 heterocycles. The van der Waals surface area contributed by atoms with Crippen LogP contribution in [0.5, 0.6) is 0 Å².